The van der Waals surface area contributed by atoms with Crippen LogP contribution in [0.2, 0.25) is 0 Å². The van der Waals surface area contributed by atoms with E-state index in [2.05, 4.69) is 20.3 Å². The molecule has 6 heteroatoms. The number of rotatable bonds is 5. The summed E-state index contributed by atoms with van der Waals surface area (Å²) in [7, 11) is 1.36. The number of ether oxygens (including phenoxy) is 1. The third-order valence-electron chi connectivity index (χ3n) is 2.81. The highest BCUT2D eigenvalue weighted by atomic mass is 16.5. The fourth-order valence-corrected chi connectivity index (χ4v) is 1.73. The van der Waals surface area contributed by atoms with E-state index in [0.29, 0.717) is 12.4 Å². The van der Waals surface area contributed by atoms with Gasteiger partial charge >= 0.3 is 5.97 Å². The zero-order chi connectivity index (χ0) is 14.4. The Bertz CT molecular complexity index is 574. The highest BCUT2D eigenvalue weighted by molar-refractivity contribution is 5.78. The fourth-order valence-electron chi connectivity index (χ4n) is 1.73. The van der Waals surface area contributed by atoms with Crippen molar-refractivity contribution in [3.05, 3.63) is 36.8 Å². The molecule has 2 aromatic heterocycles. The minimum Gasteiger partial charge on any atom is -0.467 e. The Labute approximate surface area is 117 Å². The van der Waals surface area contributed by atoms with Gasteiger partial charge in [0.25, 0.3) is 0 Å². The highest BCUT2D eigenvalue weighted by Gasteiger charge is 2.17. The minimum absolute atomic E-state index is 0.331. The summed E-state index contributed by atoms with van der Waals surface area (Å²) in [5, 5.41) is 2.97. The standard InChI is InChI=1S/C14H16N4O2/c1-3-11(13(19)20-2)17-14-16-8-6-12(18-14)10-5-4-7-15-9-10/h4-9,11H,3H2,1-2H3,(H,16,17,18)/t11-/m0/s1. The van der Waals surface area contributed by atoms with E-state index in [0.717, 1.165) is 11.3 Å². The van der Waals surface area contributed by atoms with Crippen LogP contribution in [0.3, 0.4) is 0 Å². The van der Waals surface area contributed by atoms with Gasteiger partial charge in [-0.2, -0.15) is 0 Å². The lowest BCUT2D eigenvalue weighted by molar-refractivity contribution is -0.141. The number of methoxy groups -OCH3 is 1. The predicted molar refractivity (Wildman–Crippen MR) is 75.0 cm³/mol. The Morgan fingerprint density at radius 2 is 2.25 bits per heavy atom. The Kier molecular flexibility index (Phi) is 4.60. The van der Waals surface area contributed by atoms with Crippen LogP contribution in [0.25, 0.3) is 11.3 Å². The van der Waals surface area contributed by atoms with Crippen LogP contribution >= 0.6 is 0 Å². The van der Waals surface area contributed by atoms with Gasteiger partial charge in [-0.15, -0.1) is 0 Å². The number of anilines is 1. The van der Waals surface area contributed by atoms with Crippen LogP contribution in [0.15, 0.2) is 36.8 Å². The van der Waals surface area contributed by atoms with E-state index in [1.165, 1.54) is 7.11 Å². The first-order valence-corrected chi connectivity index (χ1v) is 6.32. The molecule has 0 saturated carbocycles. The molecule has 2 heterocycles. The Morgan fingerprint density at radius 1 is 1.40 bits per heavy atom. The normalized spacial score (nSPS) is 11.7. The van der Waals surface area contributed by atoms with Crippen LogP contribution in [0.4, 0.5) is 5.95 Å². The lowest BCUT2D eigenvalue weighted by Crippen LogP contribution is -2.30. The maximum atomic E-state index is 11.6. The average Bonchev–Trinajstić information content (AvgIpc) is 2.53. The van der Waals surface area contributed by atoms with Crippen LogP contribution in [-0.2, 0) is 9.53 Å². The summed E-state index contributed by atoms with van der Waals surface area (Å²) in [6, 6.07) is 5.09. The van der Waals surface area contributed by atoms with E-state index in [-0.39, 0.29) is 5.97 Å². The summed E-state index contributed by atoms with van der Waals surface area (Å²) in [4.78, 5) is 24.1. The van der Waals surface area contributed by atoms with E-state index in [1.54, 1.807) is 24.7 Å². The first kappa shape index (κ1) is 13.9. The van der Waals surface area contributed by atoms with Crippen LogP contribution in [0.1, 0.15) is 13.3 Å². The number of nitrogens with zero attached hydrogens (tertiary/aromatic N) is 3. The number of carbonyl (C=O) groups is 1. The predicted octanol–water partition coefficient (Wildman–Crippen LogP) is 1.90. The van der Waals surface area contributed by atoms with Crippen molar-refractivity contribution in [2.45, 2.75) is 19.4 Å². The molecular weight excluding hydrogens is 256 g/mol. The largest absolute Gasteiger partial charge is 0.467 e. The third kappa shape index (κ3) is 3.28. The van der Waals surface area contributed by atoms with E-state index < -0.39 is 6.04 Å². The van der Waals surface area contributed by atoms with Crippen molar-refractivity contribution in [1.82, 2.24) is 15.0 Å². The number of hydrogen-bond donors (Lipinski definition) is 1. The summed E-state index contributed by atoms with van der Waals surface area (Å²) in [5.74, 6) is 0.0616. The molecular formula is C14H16N4O2. The number of nitrogens with one attached hydrogen (secondary N) is 1. The number of pyridine rings is 1. The molecule has 0 bridgehead atoms. The van der Waals surface area contributed by atoms with Crippen LogP contribution < -0.4 is 5.32 Å². The van der Waals surface area contributed by atoms with E-state index in [1.807, 2.05) is 19.1 Å². The molecule has 2 aromatic rings. The number of hydrogen-bond acceptors (Lipinski definition) is 6. The lowest BCUT2D eigenvalue weighted by Gasteiger charge is -2.14. The third-order valence-corrected chi connectivity index (χ3v) is 2.81. The molecule has 0 fully saturated rings. The molecule has 0 aliphatic carbocycles. The summed E-state index contributed by atoms with van der Waals surface area (Å²) in [5.41, 5.74) is 1.64. The molecule has 2 rings (SSSR count). The molecule has 104 valence electrons. The van der Waals surface area contributed by atoms with Gasteiger partial charge in [0.1, 0.15) is 6.04 Å². The molecule has 0 saturated heterocycles. The summed E-state index contributed by atoms with van der Waals surface area (Å²) < 4.78 is 4.72. The van der Waals surface area contributed by atoms with Gasteiger partial charge in [-0.25, -0.2) is 14.8 Å². The Morgan fingerprint density at radius 3 is 2.90 bits per heavy atom. The molecule has 0 amide bonds. The van der Waals surface area contributed by atoms with E-state index in [4.69, 9.17) is 4.74 Å². The number of aromatic nitrogens is 3. The van der Waals surface area contributed by atoms with Crippen molar-refractivity contribution in [1.29, 1.82) is 0 Å². The second-order valence-electron chi connectivity index (χ2n) is 4.14. The molecule has 0 aliphatic rings. The van der Waals surface area contributed by atoms with Crippen molar-refractivity contribution >= 4 is 11.9 Å². The SMILES string of the molecule is CC[C@H](Nc1nccc(-c2cccnc2)n1)C(=O)OC. The Hall–Kier alpha value is -2.50. The van der Waals surface area contributed by atoms with Gasteiger partial charge in [-0.3, -0.25) is 4.98 Å². The van der Waals surface area contributed by atoms with Gasteiger partial charge in [-0.05, 0) is 24.6 Å². The zero-order valence-electron chi connectivity index (χ0n) is 11.4. The summed E-state index contributed by atoms with van der Waals surface area (Å²) >= 11 is 0. The fraction of sp³-hybridized carbons (Fsp3) is 0.286. The van der Waals surface area contributed by atoms with Crippen LogP contribution in [-0.4, -0.2) is 34.1 Å². The van der Waals surface area contributed by atoms with Crippen molar-refractivity contribution in [3.63, 3.8) is 0 Å². The average molecular weight is 272 g/mol. The minimum atomic E-state index is -0.454. The molecule has 0 aromatic carbocycles. The van der Waals surface area contributed by atoms with Gasteiger partial charge in [0, 0.05) is 24.2 Å². The highest BCUT2D eigenvalue weighted by Crippen LogP contribution is 2.16. The smallest absolute Gasteiger partial charge is 0.328 e. The molecule has 6 nitrogen and oxygen atoms in total. The topological polar surface area (TPSA) is 77.0 Å². The first-order valence-electron chi connectivity index (χ1n) is 6.32. The van der Waals surface area contributed by atoms with E-state index >= 15 is 0 Å². The summed E-state index contributed by atoms with van der Waals surface area (Å²) in [6.07, 6.45) is 5.66. The summed E-state index contributed by atoms with van der Waals surface area (Å²) in [6.45, 7) is 1.89. The van der Waals surface area contributed by atoms with Crippen molar-refractivity contribution < 1.29 is 9.53 Å². The lowest BCUT2D eigenvalue weighted by atomic mass is 10.2. The first-order chi connectivity index (χ1) is 9.74. The molecule has 0 spiro atoms. The van der Waals surface area contributed by atoms with Gasteiger partial charge < -0.3 is 10.1 Å². The molecule has 0 unspecified atom stereocenters. The number of carbonyl (C=O) groups excluding carboxylic acids is 1. The Balaban J connectivity index is 2.20. The van der Waals surface area contributed by atoms with Crippen molar-refractivity contribution in [2.75, 3.05) is 12.4 Å². The van der Waals surface area contributed by atoms with Gasteiger partial charge in [0.15, 0.2) is 0 Å². The molecule has 1 N–H and O–H groups in total. The molecule has 0 aliphatic heterocycles. The van der Waals surface area contributed by atoms with Crippen LogP contribution in [0, 0.1) is 0 Å². The zero-order valence-corrected chi connectivity index (χ0v) is 11.4. The van der Waals surface area contributed by atoms with Gasteiger partial charge in [-0.1, -0.05) is 6.92 Å². The molecule has 1 atom stereocenters. The maximum absolute atomic E-state index is 11.6. The maximum Gasteiger partial charge on any atom is 0.328 e. The van der Waals surface area contributed by atoms with E-state index in [9.17, 15) is 4.79 Å². The van der Waals surface area contributed by atoms with Crippen molar-refractivity contribution in [3.8, 4) is 11.3 Å². The number of esters is 1. The van der Waals surface area contributed by atoms with Gasteiger partial charge in [0.05, 0.1) is 12.8 Å². The molecule has 0 radical (unpaired) electrons. The quantitative estimate of drug-likeness (QED) is 0.838. The van der Waals surface area contributed by atoms with Crippen LogP contribution in [0.5, 0.6) is 0 Å². The second kappa shape index (κ2) is 6.60. The van der Waals surface area contributed by atoms with Crippen molar-refractivity contribution in [2.24, 2.45) is 0 Å². The second-order valence-corrected chi connectivity index (χ2v) is 4.14. The molecule has 20 heavy (non-hydrogen) atoms. The monoisotopic (exact) mass is 272 g/mol. The van der Waals surface area contributed by atoms with Gasteiger partial charge in [0.2, 0.25) is 5.95 Å².